The molecule has 0 heterocycles. The third kappa shape index (κ3) is 23.3. The Balaban J connectivity index is 3.64. The number of carboxylic acid groups (broad SMARTS) is 1. The molecule has 0 amide bonds. The third-order valence-corrected chi connectivity index (χ3v) is 5.97. The van der Waals surface area contributed by atoms with E-state index < -0.39 is 12.1 Å². The number of allylic oxidation sites excluding steroid dienone is 2. The standard InChI is InChI=1S/C28H52O4/c1-3-5-7-9-10-11-12-13-14-15-16-17-18-20-22-24-28(31)32-26(25-27(29)30)23-21-19-8-6-4-2/h13-14,26H,3-12,15-25H2,1-2H3,(H,29,30)/b14-13-. The number of ether oxygens (including phenoxy) is 1. The van der Waals surface area contributed by atoms with Crippen LogP contribution in [0.4, 0.5) is 0 Å². The summed E-state index contributed by atoms with van der Waals surface area (Å²) in [7, 11) is 0. The average molecular weight is 453 g/mol. The molecule has 0 rings (SSSR count). The van der Waals surface area contributed by atoms with Crippen molar-refractivity contribution in [3.05, 3.63) is 12.2 Å². The first-order chi connectivity index (χ1) is 15.6. The molecule has 0 saturated heterocycles. The lowest BCUT2D eigenvalue weighted by Crippen LogP contribution is -2.21. The summed E-state index contributed by atoms with van der Waals surface area (Å²) in [5, 5.41) is 9.06. The predicted molar refractivity (Wildman–Crippen MR) is 135 cm³/mol. The first kappa shape index (κ1) is 30.7. The molecule has 0 fully saturated rings. The minimum atomic E-state index is -0.891. The fraction of sp³-hybridized carbons (Fsp3) is 0.857. The molecule has 4 heteroatoms. The van der Waals surface area contributed by atoms with E-state index in [1.807, 2.05) is 0 Å². The molecule has 0 spiro atoms. The SMILES string of the molecule is CCCCCCCC/C=C\CCCCCCCC(=O)OC(CCCCCCC)CC(=O)O. The van der Waals surface area contributed by atoms with Crippen molar-refractivity contribution in [2.75, 3.05) is 0 Å². The minimum absolute atomic E-state index is 0.0775. The monoisotopic (exact) mass is 452 g/mol. The van der Waals surface area contributed by atoms with Crippen molar-refractivity contribution < 1.29 is 19.4 Å². The number of rotatable bonds is 24. The number of carbonyl (C=O) groups excluding carboxylic acids is 1. The van der Waals surface area contributed by atoms with Crippen molar-refractivity contribution in [1.82, 2.24) is 0 Å². The van der Waals surface area contributed by atoms with Gasteiger partial charge in [0.15, 0.2) is 0 Å². The van der Waals surface area contributed by atoms with E-state index >= 15 is 0 Å². The number of aliphatic carboxylic acids is 1. The molecule has 0 radical (unpaired) electrons. The van der Waals surface area contributed by atoms with Crippen molar-refractivity contribution in [2.24, 2.45) is 0 Å². The van der Waals surface area contributed by atoms with Gasteiger partial charge in [-0.2, -0.15) is 0 Å². The maximum Gasteiger partial charge on any atom is 0.307 e. The van der Waals surface area contributed by atoms with Crippen LogP contribution in [0.25, 0.3) is 0 Å². The summed E-state index contributed by atoms with van der Waals surface area (Å²) in [4.78, 5) is 23.1. The van der Waals surface area contributed by atoms with E-state index in [1.165, 1.54) is 77.0 Å². The Morgan fingerprint density at radius 1 is 0.688 bits per heavy atom. The lowest BCUT2D eigenvalue weighted by molar-refractivity contribution is -0.153. The normalized spacial score (nSPS) is 12.3. The summed E-state index contributed by atoms with van der Waals surface area (Å²) in [6.07, 6.45) is 26.7. The van der Waals surface area contributed by atoms with Gasteiger partial charge in [-0.25, -0.2) is 0 Å². The van der Waals surface area contributed by atoms with E-state index in [4.69, 9.17) is 9.84 Å². The van der Waals surface area contributed by atoms with Crippen molar-refractivity contribution in [2.45, 2.75) is 155 Å². The number of hydrogen-bond acceptors (Lipinski definition) is 3. The first-order valence-electron chi connectivity index (χ1n) is 13.7. The Labute approximate surface area is 198 Å². The summed E-state index contributed by atoms with van der Waals surface area (Å²) < 4.78 is 5.46. The van der Waals surface area contributed by atoms with Gasteiger partial charge < -0.3 is 9.84 Å². The smallest absolute Gasteiger partial charge is 0.307 e. The summed E-state index contributed by atoms with van der Waals surface area (Å²) in [6, 6.07) is 0. The molecular formula is C28H52O4. The highest BCUT2D eigenvalue weighted by Crippen LogP contribution is 2.15. The van der Waals surface area contributed by atoms with Gasteiger partial charge in [0.1, 0.15) is 6.10 Å². The van der Waals surface area contributed by atoms with Crippen LogP contribution in [0.15, 0.2) is 12.2 Å². The molecule has 0 aromatic rings. The summed E-state index contributed by atoms with van der Waals surface area (Å²) in [5.41, 5.74) is 0. The molecule has 0 aromatic carbocycles. The van der Waals surface area contributed by atoms with Gasteiger partial charge in [-0.1, -0.05) is 103 Å². The van der Waals surface area contributed by atoms with E-state index in [0.717, 1.165) is 38.5 Å². The molecule has 0 aliphatic carbocycles. The highest BCUT2D eigenvalue weighted by Gasteiger charge is 2.17. The first-order valence-corrected chi connectivity index (χ1v) is 13.7. The Bertz CT molecular complexity index is 458. The second-order valence-electron chi connectivity index (χ2n) is 9.25. The molecule has 32 heavy (non-hydrogen) atoms. The van der Waals surface area contributed by atoms with Crippen LogP contribution < -0.4 is 0 Å². The second kappa shape index (κ2) is 24.3. The van der Waals surface area contributed by atoms with E-state index in [0.29, 0.717) is 12.8 Å². The minimum Gasteiger partial charge on any atom is -0.481 e. The maximum absolute atomic E-state index is 12.1. The fourth-order valence-electron chi connectivity index (χ4n) is 3.96. The molecule has 0 aromatic heterocycles. The molecule has 0 bridgehead atoms. The molecule has 4 nitrogen and oxygen atoms in total. The van der Waals surface area contributed by atoms with Crippen LogP contribution in [0.3, 0.4) is 0 Å². The van der Waals surface area contributed by atoms with Crippen LogP contribution in [-0.2, 0) is 14.3 Å². The van der Waals surface area contributed by atoms with Gasteiger partial charge >= 0.3 is 11.9 Å². The molecule has 1 unspecified atom stereocenters. The van der Waals surface area contributed by atoms with Crippen LogP contribution in [0.5, 0.6) is 0 Å². The Kier molecular flexibility index (Phi) is 23.3. The lowest BCUT2D eigenvalue weighted by Gasteiger charge is -2.16. The molecule has 0 aliphatic rings. The average Bonchev–Trinajstić information content (AvgIpc) is 2.75. The van der Waals surface area contributed by atoms with Crippen LogP contribution in [0.2, 0.25) is 0 Å². The largest absolute Gasteiger partial charge is 0.481 e. The fourth-order valence-corrected chi connectivity index (χ4v) is 3.96. The predicted octanol–water partition coefficient (Wildman–Crippen LogP) is 8.77. The van der Waals surface area contributed by atoms with Crippen LogP contribution in [0, 0.1) is 0 Å². The van der Waals surface area contributed by atoms with Crippen molar-refractivity contribution in [1.29, 1.82) is 0 Å². The number of esters is 1. The number of unbranched alkanes of at least 4 members (excludes halogenated alkanes) is 15. The zero-order chi connectivity index (χ0) is 23.7. The van der Waals surface area contributed by atoms with Gasteiger partial charge in [-0.05, 0) is 44.9 Å². The lowest BCUT2D eigenvalue weighted by atomic mass is 10.1. The maximum atomic E-state index is 12.1. The van der Waals surface area contributed by atoms with E-state index in [2.05, 4.69) is 26.0 Å². The van der Waals surface area contributed by atoms with E-state index in [9.17, 15) is 9.59 Å². The van der Waals surface area contributed by atoms with Crippen LogP contribution >= 0.6 is 0 Å². The highest BCUT2D eigenvalue weighted by atomic mass is 16.5. The highest BCUT2D eigenvalue weighted by molar-refractivity contribution is 5.71. The van der Waals surface area contributed by atoms with Crippen molar-refractivity contribution in [3.8, 4) is 0 Å². The van der Waals surface area contributed by atoms with Gasteiger partial charge in [0.2, 0.25) is 0 Å². The third-order valence-electron chi connectivity index (χ3n) is 5.97. The van der Waals surface area contributed by atoms with Gasteiger partial charge in [0.05, 0.1) is 6.42 Å². The number of carboxylic acids is 1. The zero-order valence-electron chi connectivity index (χ0n) is 21.3. The quantitative estimate of drug-likeness (QED) is 0.0902. The summed E-state index contributed by atoms with van der Waals surface area (Å²) in [5.74, 6) is -1.13. The molecule has 188 valence electrons. The number of carbonyl (C=O) groups is 2. The van der Waals surface area contributed by atoms with Gasteiger partial charge in [0, 0.05) is 6.42 Å². The summed E-state index contributed by atoms with van der Waals surface area (Å²) >= 11 is 0. The van der Waals surface area contributed by atoms with Gasteiger partial charge in [-0.3, -0.25) is 9.59 Å². The van der Waals surface area contributed by atoms with E-state index in [-0.39, 0.29) is 12.4 Å². The Morgan fingerprint density at radius 2 is 1.16 bits per heavy atom. The van der Waals surface area contributed by atoms with Crippen LogP contribution in [-0.4, -0.2) is 23.1 Å². The number of hydrogen-bond donors (Lipinski definition) is 1. The molecule has 0 saturated carbocycles. The molecule has 1 atom stereocenters. The Hall–Kier alpha value is -1.32. The topological polar surface area (TPSA) is 63.6 Å². The molecule has 1 N–H and O–H groups in total. The second-order valence-corrected chi connectivity index (χ2v) is 9.25. The zero-order valence-corrected chi connectivity index (χ0v) is 21.3. The van der Waals surface area contributed by atoms with Crippen LogP contribution in [0.1, 0.15) is 149 Å². The summed E-state index contributed by atoms with van der Waals surface area (Å²) in [6.45, 7) is 4.43. The molecule has 0 aliphatic heterocycles. The van der Waals surface area contributed by atoms with E-state index in [1.54, 1.807) is 0 Å². The molecular weight excluding hydrogens is 400 g/mol. The Morgan fingerprint density at radius 3 is 1.69 bits per heavy atom. The van der Waals surface area contributed by atoms with Gasteiger partial charge in [-0.15, -0.1) is 0 Å². The van der Waals surface area contributed by atoms with Gasteiger partial charge in [0.25, 0.3) is 0 Å². The van der Waals surface area contributed by atoms with Crippen molar-refractivity contribution in [3.63, 3.8) is 0 Å². The van der Waals surface area contributed by atoms with Crippen molar-refractivity contribution >= 4 is 11.9 Å².